The molecule has 3 N–H and O–H groups in total. The number of halogens is 2. The fourth-order valence-electron chi connectivity index (χ4n) is 2.08. The van der Waals surface area contributed by atoms with Crippen molar-refractivity contribution in [3.63, 3.8) is 0 Å². The molecule has 1 aromatic heterocycles. The summed E-state index contributed by atoms with van der Waals surface area (Å²) in [5.74, 6) is -1.49. The number of aromatic carboxylic acids is 1. The van der Waals surface area contributed by atoms with Gasteiger partial charge in [-0.2, -0.15) is 0 Å². The normalized spacial score (nSPS) is 10.5. The molecular weight excluding hydrogens is 360 g/mol. The molecule has 0 aliphatic rings. The van der Waals surface area contributed by atoms with Gasteiger partial charge in [0.2, 0.25) is 0 Å². The van der Waals surface area contributed by atoms with Crippen LogP contribution in [0.2, 0.25) is 5.02 Å². The van der Waals surface area contributed by atoms with Gasteiger partial charge >= 0.3 is 5.97 Å². The highest BCUT2D eigenvalue weighted by atomic mass is 79.9. The number of aromatic amines is 1. The molecule has 21 heavy (non-hydrogen) atoms. The van der Waals surface area contributed by atoms with Crippen LogP contribution >= 0.6 is 27.5 Å². The fourth-order valence-corrected chi connectivity index (χ4v) is 2.60. The molecule has 5 nitrogen and oxygen atoms in total. The van der Waals surface area contributed by atoms with Gasteiger partial charge in [-0.25, -0.2) is 4.79 Å². The van der Waals surface area contributed by atoms with Crippen molar-refractivity contribution >= 4 is 45.1 Å². The molecule has 0 fully saturated rings. The summed E-state index contributed by atoms with van der Waals surface area (Å²) in [7, 11) is 0. The summed E-state index contributed by atoms with van der Waals surface area (Å²) >= 11 is 9.22. The quantitative estimate of drug-likeness (QED) is 0.762. The van der Waals surface area contributed by atoms with Crippen LogP contribution in [0.3, 0.4) is 0 Å². The number of hydrogen-bond acceptors (Lipinski definition) is 2. The number of carbonyl (C=O) groups is 2. The molecule has 1 heterocycles. The minimum Gasteiger partial charge on any atom is -0.477 e. The summed E-state index contributed by atoms with van der Waals surface area (Å²) in [5, 5.41) is 12.3. The molecule has 0 saturated heterocycles. The third-order valence-corrected chi connectivity index (χ3v) is 3.98. The number of amides is 1. The lowest BCUT2D eigenvalue weighted by Crippen LogP contribution is -2.14. The van der Waals surface area contributed by atoms with Crippen molar-refractivity contribution in [2.24, 2.45) is 0 Å². The number of carboxylic acid groups (broad SMARTS) is 1. The number of aromatic nitrogens is 1. The lowest BCUT2D eigenvalue weighted by atomic mass is 10.1. The van der Waals surface area contributed by atoms with Crippen LogP contribution in [-0.4, -0.2) is 22.0 Å². The summed E-state index contributed by atoms with van der Waals surface area (Å²) in [6.45, 7) is 3.25. The molecular formula is C14H12BrClN2O3. The minimum absolute atomic E-state index is 0.0165. The van der Waals surface area contributed by atoms with E-state index in [-0.39, 0.29) is 5.69 Å². The third-order valence-electron chi connectivity index (χ3n) is 3.06. The second-order valence-corrected chi connectivity index (χ2v) is 5.80. The number of aryl methyl sites for hydroxylation is 1. The molecule has 0 radical (unpaired) electrons. The number of carboxylic acids is 1. The standard InChI is InChI=1S/C14H12BrClN2O3/c1-6-11(7(2)17-12(6)14(20)21)13(19)18-10-5-8(16)3-4-9(10)15/h3-5,17H,1-2H3,(H,18,19)(H,20,21). The van der Waals surface area contributed by atoms with Crippen molar-refractivity contribution in [1.29, 1.82) is 0 Å². The number of carbonyl (C=O) groups excluding carboxylic acids is 1. The van der Waals surface area contributed by atoms with E-state index < -0.39 is 11.9 Å². The predicted octanol–water partition coefficient (Wildman–Crippen LogP) is 4.00. The van der Waals surface area contributed by atoms with E-state index >= 15 is 0 Å². The zero-order valence-electron chi connectivity index (χ0n) is 11.3. The monoisotopic (exact) mass is 370 g/mol. The summed E-state index contributed by atoms with van der Waals surface area (Å²) in [5.41, 5.74) is 1.75. The Morgan fingerprint density at radius 2 is 2.00 bits per heavy atom. The largest absolute Gasteiger partial charge is 0.477 e. The number of benzene rings is 1. The van der Waals surface area contributed by atoms with E-state index in [1.807, 2.05) is 0 Å². The molecule has 7 heteroatoms. The number of rotatable bonds is 3. The Morgan fingerprint density at radius 1 is 1.33 bits per heavy atom. The molecule has 0 saturated carbocycles. The third kappa shape index (κ3) is 3.11. The zero-order valence-corrected chi connectivity index (χ0v) is 13.6. The first-order chi connectivity index (χ1) is 9.81. The van der Waals surface area contributed by atoms with E-state index in [4.69, 9.17) is 16.7 Å². The fraction of sp³-hybridized carbons (Fsp3) is 0.143. The molecule has 0 bridgehead atoms. The Kier molecular flexibility index (Phi) is 4.39. The van der Waals surface area contributed by atoms with E-state index in [2.05, 4.69) is 26.2 Å². The second kappa shape index (κ2) is 5.91. The summed E-state index contributed by atoms with van der Waals surface area (Å²) < 4.78 is 0.685. The topological polar surface area (TPSA) is 82.2 Å². The van der Waals surface area contributed by atoms with E-state index in [0.29, 0.717) is 32.0 Å². The van der Waals surface area contributed by atoms with Crippen molar-refractivity contribution in [1.82, 2.24) is 4.98 Å². The average molecular weight is 372 g/mol. The average Bonchev–Trinajstić information content (AvgIpc) is 2.69. The SMILES string of the molecule is Cc1[nH]c(C(=O)O)c(C)c1C(=O)Nc1cc(Cl)ccc1Br. The predicted molar refractivity (Wildman–Crippen MR) is 84.3 cm³/mol. The lowest BCUT2D eigenvalue weighted by Gasteiger charge is -2.08. The second-order valence-electron chi connectivity index (χ2n) is 4.51. The molecule has 110 valence electrons. The Bertz CT molecular complexity index is 740. The van der Waals surface area contributed by atoms with Crippen molar-refractivity contribution in [2.75, 3.05) is 5.32 Å². The lowest BCUT2D eigenvalue weighted by molar-refractivity contribution is 0.0690. The van der Waals surface area contributed by atoms with Gasteiger partial charge in [0.25, 0.3) is 5.91 Å². The van der Waals surface area contributed by atoms with Gasteiger partial charge in [-0.15, -0.1) is 0 Å². The molecule has 2 aromatic rings. The van der Waals surface area contributed by atoms with Crippen molar-refractivity contribution in [3.05, 3.63) is 50.2 Å². The molecule has 0 aliphatic heterocycles. The van der Waals surface area contributed by atoms with Crippen molar-refractivity contribution < 1.29 is 14.7 Å². The Hall–Kier alpha value is -1.79. The van der Waals surface area contributed by atoms with Gasteiger partial charge in [0.15, 0.2) is 0 Å². The number of nitrogens with one attached hydrogen (secondary N) is 2. The Labute approximate surface area is 134 Å². The van der Waals surface area contributed by atoms with Gasteiger partial charge in [-0.1, -0.05) is 11.6 Å². The van der Waals surface area contributed by atoms with Gasteiger partial charge in [-0.05, 0) is 53.5 Å². The summed E-state index contributed by atoms with van der Waals surface area (Å²) in [4.78, 5) is 26.2. The van der Waals surface area contributed by atoms with Gasteiger partial charge in [-0.3, -0.25) is 4.79 Å². The van der Waals surface area contributed by atoms with Gasteiger partial charge in [0, 0.05) is 15.2 Å². The van der Waals surface area contributed by atoms with Crippen LogP contribution in [-0.2, 0) is 0 Å². The maximum absolute atomic E-state index is 12.4. The first kappa shape index (κ1) is 15.6. The Balaban J connectivity index is 2.37. The number of anilines is 1. The number of hydrogen-bond donors (Lipinski definition) is 3. The van der Waals surface area contributed by atoms with Crippen LogP contribution in [0.5, 0.6) is 0 Å². The Morgan fingerprint density at radius 3 is 2.57 bits per heavy atom. The van der Waals surface area contributed by atoms with Crippen molar-refractivity contribution in [2.45, 2.75) is 13.8 Å². The van der Waals surface area contributed by atoms with Crippen LogP contribution in [0.15, 0.2) is 22.7 Å². The molecule has 1 aromatic carbocycles. The molecule has 2 rings (SSSR count). The molecule has 0 unspecified atom stereocenters. The smallest absolute Gasteiger partial charge is 0.352 e. The first-order valence-corrected chi connectivity index (χ1v) is 7.17. The summed E-state index contributed by atoms with van der Waals surface area (Å²) in [6.07, 6.45) is 0. The summed E-state index contributed by atoms with van der Waals surface area (Å²) in [6, 6.07) is 5.02. The molecule has 0 aliphatic carbocycles. The first-order valence-electron chi connectivity index (χ1n) is 6.00. The van der Waals surface area contributed by atoms with Gasteiger partial charge in [0.1, 0.15) is 5.69 Å². The van der Waals surface area contributed by atoms with Crippen LogP contribution in [0.1, 0.15) is 32.1 Å². The highest BCUT2D eigenvalue weighted by Gasteiger charge is 2.22. The van der Waals surface area contributed by atoms with E-state index in [1.54, 1.807) is 32.0 Å². The maximum atomic E-state index is 12.4. The van der Waals surface area contributed by atoms with Crippen LogP contribution in [0.25, 0.3) is 0 Å². The van der Waals surface area contributed by atoms with Crippen molar-refractivity contribution in [3.8, 4) is 0 Å². The molecule has 0 spiro atoms. The van der Waals surface area contributed by atoms with Crippen LogP contribution in [0, 0.1) is 13.8 Å². The molecule has 0 atom stereocenters. The highest BCUT2D eigenvalue weighted by molar-refractivity contribution is 9.10. The molecule has 1 amide bonds. The maximum Gasteiger partial charge on any atom is 0.352 e. The highest BCUT2D eigenvalue weighted by Crippen LogP contribution is 2.27. The number of H-pyrrole nitrogens is 1. The van der Waals surface area contributed by atoms with Gasteiger partial charge in [0.05, 0.1) is 11.3 Å². The zero-order chi connectivity index (χ0) is 15.7. The van der Waals surface area contributed by atoms with E-state index in [9.17, 15) is 9.59 Å². The van der Waals surface area contributed by atoms with Crippen LogP contribution in [0.4, 0.5) is 5.69 Å². The van der Waals surface area contributed by atoms with E-state index in [0.717, 1.165) is 0 Å². The van der Waals surface area contributed by atoms with Gasteiger partial charge < -0.3 is 15.4 Å². The van der Waals surface area contributed by atoms with Crippen LogP contribution < -0.4 is 5.32 Å². The minimum atomic E-state index is -1.10. The van der Waals surface area contributed by atoms with E-state index in [1.165, 1.54) is 0 Å².